The molecule has 2 heterocycles. The van der Waals surface area contributed by atoms with Crippen molar-refractivity contribution in [1.29, 1.82) is 0 Å². The number of tetrazole rings is 1. The molecule has 0 atom stereocenters. The highest BCUT2D eigenvalue weighted by Crippen LogP contribution is 2.28. The number of ether oxygens (including phenoxy) is 1. The van der Waals surface area contributed by atoms with Crippen LogP contribution in [0.25, 0.3) is 5.69 Å². The van der Waals surface area contributed by atoms with E-state index in [4.69, 9.17) is 4.74 Å². The van der Waals surface area contributed by atoms with E-state index in [1.165, 1.54) is 32.1 Å². The molecule has 24 heavy (non-hydrogen) atoms. The highest BCUT2D eigenvalue weighted by atomic mass is 16.5. The van der Waals surface area contributed by atoms with Crippen LogP contribution < -0.4 is 4.74 Å². The lowest BCUT2D eigenvalue weighted by molar-refractivity contribution is 0.261. The summed E-state index contributed by atoms with van der Waals surface area (Å²) in [5, 5.41) is 15.6. The molecule has 8 heteroatoms. The van der Waals surface area contributed by atoms with Crippen LogP contribution >= 0.6 is 0 Å². The third kappa shape index (κ3) is 3.12. The lowest BCUT2D eigenvalue weighted by atomic mass is 9.96. The van der Waals surface area contributed by atoms with Crippen LogP contribution in [0, 0.1) is 0 Å². The molecule has 0 spiro atoms. The van der Waals surface area contributed by atoms with E-state index in [1.807, 2.05) is 28.9 Å². The Morgan fingerprint density at radius 3 is 2.92 bits per heavy atom. The largest absolute Gasteiger partial charge is 0.486 e. The quantitative estimate of drug-likeness (QED) is 0.716. The van der Waals surface area contributed by atoms with Gasteiger partial charge in [0.25, 0.3) is 0 Å². The summed E-state index contributed by atoms with van der Waals surface area (Å²) in [5.74, 6) is 1.62. The predicted molar refractivity (Wildman–Crippen MR) is 85.6 cm³/mol. The third-order valence-corrected chi connectivity index (χ3v) is 4.37. The molecule has 2 aromatic heterocycles. The monoisotopic (exact) mass is 325 g/mol. The molecule has 3 aromatic rings. The Kier molecular flexibility index (Phi) is 4.18. The van der Waals surface area contributed by atoms with Crippen molar-refractivity contribution in [1.82, 2.24) is 35.0 Å². The minimum absolute atomic E-state index is 0.398. The van der Waals surface area contributed by atoms with Gasteiger partial charge in [0.2, 0.25) is 0 Å². The van der Waals surface area contributed by atoms with E-state index >= 15 is 0 Å². The normalized spacial score (nSPS) is 15.5. The highest BCUT2D eigenvalue weighted by Gasteiger charge is 2.19. The third-order valence-electron chi connectivity index (χ3n) is 4.37. The van der Waals surface area contributed by atoms with Crippen LogP contribution in [0.5, 0.6) is 5.75 Å². The van der Waals surface area contributed by atoms with Gasteiger partial charge in [0.15, 0.2) is 5.82 Å². The maximum atomic E-state index is 5.92. The minimum Gasteiger partial charge on any atom is -0.486 e. The van der Waals surface area contributed by atoms with Gasteiger partial charge in [-0.05, 0) is 35.4 Å². The van der Waals surface area contributed by atoms with Crippen LogP contribution in [-0.2, 0) is 6.61 Å². The van der Waals surface area contributed by atoms with Crippen LogP contribution in [-0.4, -0.2) is 35.0 Å². The molecule has 0 radical (unpaired) electrons. The summed E-state index contributed by atoms with van der Waals surface area (Å²) in [6, 6.07) is 8.10. The summed E-state index contributed by atoms with van der Waals surface area (Å²) in [5.41, 5.74) is 0.853. The molecule has 0 aliphatic heterocycles. The lowest BCUT2D eigenvalue weighted by Gasteiger charge is -2.23. The Bertz CT molecular complexity index is 777. The fourth-order valence-corrected chi connectivity index (χ4v) is 3.15. The molecule has 0 bridgehead atoms. The van der Waals surface area contributed by atoms with Crippen molar-refractivity contribution in [3.63, 3.8) is 0 Å². The zero-order valence-electron chi connectivity index (χ0n) is 13.3. The Balaban J connectivity index is 1.46. The van der Waals surface area contributed by atoms with E-state index in [-0.39, 0.29) is 0 Å². The number of aromatic nitrogens is 7. The molecule has 0 N–H and O–H groups in total. The molecule has 1 fully saturated rings. The Morgan fingerprint density at radius 2 is 2.08 bits per heavy atom. The SMILES string of the molecule is c1cc(OCc2ncnn2C2CCCCC2)cc(-n2cnnn2)c1. The summed E-state index contributed by atoms with van der Waals surface area (Å²) in [6.45, 7) is 0.398. The van der Waals surface area contributed by atoms with Crippen LogP contribution in [0.2, 0.25) is 0 Å². The first-order valence-corrected chi connectivity index (χ1v) is 8.25. The Labute approximate surface area is 139 Å². The first-order valence-electron chi connectivity index (χ1n) is 8.25. The first kappa shape index (κ1) is 14.8. The molecule has 1 aliphatic rings. The van der Waals surface area contributed by atoms with Gasteiger partial charge in [-0.3, -0.25) is 0 Å². The van der Waals surface area contributed by atoms with Crippen LogP contribution in [0.15, 0.2) is 36.9 Å². The van der Waals surface area contributed by atoms with Gasteiger partial charge in [-0.2, -0.15) is 5.10 Å². The van der Waals surface area contributed by atoms with Crippen molar-refractivity contribution in [3.05, 3.63) is 42.7 Å². The number of hydrogen-bond donors (Lipinski definition) is 0. The summed E-state index contributed by atoms with van der Waals surface area (Å²) in [6.07, 6.45) is 9.36. The van der Waals surface area contributed by atoms with Crippen molar-refractivity contribution < 1.29 is 4.74 Å². The van der Waals surface area contributed by atoms with E-state index in [9.17, 15) is 0 Å². The van der Waals surface area contributed by atoms with Crippen molar-refractivity contribution >= 4 is 0 Å². The van der Waals surface area contributed by atoms with Gasteiger partial charge in [-0.25, -0.2) is 14.3 Å². The van der Waals surface area contributed by atoms with Gasteiger partial charge < -0.3 is 4.74 Å². The summed E-state index contributed by atoms with van der Waals surface area (Å²) in [7, 11) is 0. The van der Waals surface area contributed by atoms with Gasteiger partial charge in [-0.15, -0.1) is 5.10 Å². The Morgan fingerprint density at radius 1 is 1.17 bits per heavy atom. The molecular weight excluding hydrogens is 306 g/mol. The first-order chi connectivity index (χ1) is 11.9. The molecule has 124 valence electrons. The molecule has 0 amide bonds. The van der Waals surface area contributed by atoms with E-state index in [0.29, 0.717) is 12.6 Å². The van der Waals surface area contributed by atoms with E-state index in [2.05, 4.69) is 25.6 Å². The number of hydrogen-bond acceptors (Lipinski definition) is 6. The van der Waals surface area contributed by atoms with Gasteiger partial charge in [0, 0.05) is 6.07 Å². The standard InChI is InChI=1S/C16H19N7O/c1-2-5-13(6-3-1)23-16(17-11-19-23)10-24-15-8-4-7-14(9-15)22-12-18-20-21-22/h4,7-9,11-13H,1-3,5-6,10H2. The van der Waals surface area contributed by atoms with E-state index in [0.717, 1.165) is 17.3 Å². The molecule has 0 unspecified atom stereocenters. The van der Waals surface area contributed by atoms with Gasteiger partial charge in [0.05, 0.1) is 11.7 Å². The molecular formula is C16H19N7O. The summed E-state index contributed by atoms with van der Waals surface area (Å²) < 4.78 is 9.54. The fourth-order valence-electron chi connectivity index (χ4n) is 3.15. The zero-order chi connectivity index (χ0) is 16.2. The zero-order valence-corrected chi connectivity index (χ0v) is 13.3. The maximum Gasteiger partial charge on any atom is 0.165 e. The van der Waals surface area contributed by atoms with Crippen molar-refractivity contribution in [2.45, 2.75) is 44.8 Å². The average molecular weight is 325 g/mol. The van der Waals surface area contributed by atoms with Gasteiger partial charge >= 0.3 is 0 Å². The molecule has 0 saturated heterocycles. The van der Waals surface area contributed by atoms with Crippen molar-refractivity contribution in [3.8, 4) is 11.4 Å². The second-order valence-electron chi connectivity index (χ2n) is 5.95. The summed E-state index contributed by atoms with van der Waals surface area (Å²) in [4.78, 5) is 4.37. The Hall–Kier alpha value is -2.77. The minimum atomic E-state index is 0.398. The van der Waals surface area contributed by atoms with E-state index < -0.39 is 0 Å². The molecule has 8 nitrogen and oxygen atoms in total. The maximum absolute atomic E-state index is 5.92. The van der Waals surface area contributed by atoms with Crippen molar-refractivity contribution in [2.24, 2.45) is 0 Å². The van der Waals surface area contributed by atoms with Crippen LogP contribution in [0.3, 0.4) is 0 Å². The average Bonchev–Trinajstić information content (AvgIpc) is 3.33. The van der Waals surface area contributed by atoms with E-state index in [1.54, 1.807) is 17.3 Å². The number of benzene rings is 1. The second-order valence-corrected chi connectivity index (χ2v) is 5.95. The summed E-state index contributed by atoms with van der Waals surface area (Å²) >= 11 is 0. The van der Waals surface area contributed by atoms with Crippen LogP contribution in [0.1, 0.15) is 44.0 Å². The van der Waals surface area contributed by atoms with Gasteiger partial charge in [-0.1, -0.05) is 25.3 Å². The second kappa shape index (κ2) is 6.77. The molecule has 4 rings (SSSR count). The van der Waals surface area contributed by atoms with Crippen LogP contribution in [0.4, 0.5) is 0 Å². The smallest absolute Gasteiger partial charge is 0.165 e. The van der Waals surface area contributed by atoms with Crippen molar-refractivity contribution in [2.75, 3.05) is 0 Å². The fraction of sp³-hybridized carbons (Fsp3) is 0.438. The number of nitrogens with zero attached hydrogens (tertiary/aromatic N) is 7. The topological polar surface area (TPSA) is 83.5 Å². The number of rotatable bonds is 5. The molecule has 1 aliphatic carbocycles. The molecule has 1 saturated carbocycles. The van der Waals surface area contributed by atoms with Gasteiger partial charge in [0.1, 0.15) is 25.0 Å². The predicted octanol–water partition coefficient (Wildman–Crippen LogP) is 2.34. The lowest BCUT2D eigenvalue weighted by Crippen LogP contribution is -2.18. The molecule has 1 aromatic carbocycles. The highest BCUT2D eigenvalue weighted by molar-refractivity contribution is 5.37.